The Balaban J connectivity index is 2.22. The number of aliphatic hydroxyl groups is 1. The minimum absolute atomic E-state index is 0.175. The maximum Gasteiger partial charge on any atom is 0.0787 e. The second kappa shape index (κ2) is 5.71. The average Bonchev–Trinajstić information content (AvgIpc) is 2.57. The Hall–Kier alpha value is -2.12. The third-order valence-corrected chi connectivity index (χ3v) is 4.42. The van der Waals surface area contributed by atoms with E-state index in [0.29, 0.717) is 0 Å². The number of hydrogen-bond acceptors (Lipinski definition) is 1. The second-order valence-electron chi connectivity index (χ2n) is 5.61. The highest BCUT2D eigenvalue weighted by atomic mass is 16.3. The lowest BCUT2D eigenvalue weighted by Gasteiger charge is -2.38. The van der Waals surface area contributed by atoms with E-state index in [4.69, 9.17) is 0 Å². The molecule has 1 nitrogen and oxygen atoms in total. The molecule has 0 aliphatic heterocycles. The van der Waals surface area contributed by atoms with Crippen molar-refractivity contribution in [2.24, 2.45) is 0 Å². The molecule has 2 aromatic carbocycles. The minimum Gasteiger partial charge on any atom is -0.388 e. The highest BCUT2D eigenvalue weighted by Gasteiger charge is 2.36. The van der Waals surface area contributed by atoms with Crippen LogP contribution in [0.5, 0.6) is 0 Å². The van der Waals surface area contributed by atoms with Crippen molar-refractivity contribution in [1.29, 1.82) is 0 Å². The normalized spacial score (nSPS) is 20.6. The van der Waals surface area contributed by atoms with Gasteiger partial charge in [0.2, 0.25) is 0 Å². The molecule has 0 radical (unpaired) electrons. The second-order valence-corrected chi connectivity index (χ2v) is 5.61. The predicted molar refractivity (Wildman–Crippen MR) is 87.2 cm³/mol. The third-order valence-electron chi connectivity index (χ3n) is 4.42. The van der Waals surface area contributed by atoms with E-state index in [1.54, 1.807) is 6.08 Å². The van der Waals surface area contributed by atoms with Crippen LogP contribution in [0.3, 0.4) is 0 Å². The third kappa shape index (κ3) is 2.45. The Morgan fingerprint density at radius 2 is 1.48 bits per heavy atom. The van der Waals surface area contributed by atoms with Gasteiger partial charge < -0.3 is 5.11 Å². The topological polar surface area (TPSA) is 20.2 Å². The molecule has 1 atom stereocenters. The van der Waals surface area contributed by atoms with E-state index >= 15 is 0 Å². The van der Waals surface area contributed by atoms with Crippen molar-refractivity contribution >= 4 is 0 Å². The molecule has 106 valence electrons. The first kappa shape index (κ1) is 13.8. The molecule has 0 saturated carbocycles. The summed E-state index contributed by atoms with van der Waals surface area (Å²) in [5.74, 6) is 0. The van der Waals surface area contributed by atoms with E-state index in [1.165, 1.54) is 11.1 Å². The van der Waals surface area contributed by atoms with Gasteiger partial charge in [-0.05, 0) is 29.5 Å². The molecule has 0 fully saturated rings. The van der Waals surface area contributed by atoms with Gasteiger partial charge in [0.25, 0.3) is 0 Å². The summed E-state index contributed by atoms with van der Waals surface area (Å²) in [5, 5.41) is 10.2. The molecule has 0 amide bonds. The summed E-state index contributed by atoms with van der Waals surface area (Å²) in [4.78, 5) is 0. The fraction of sp³-hybridized carbons (Fsp3) is 0.200. The molecule has 2 aromatic rings. The Labute approximate surface area is 126 Å². The van der Waals surface area contributed by atoms with Crippen molar-refractivity contribution < 1.29 is 5.11 Å². The van der Waals surface area contributed by atoms with Crippen LogP contribution in [0, 0.1) is 0 Å². The van der Waals surface area contributed by atoms with Crippen molar-refractivity contribution in [3.05, 3.63) is 96.1 Å². The lowest BCUT2D eigenvalue weighted by molar-refractivity contribution is 0.184. The number of rotatable bonds is 3. The van der Waals surface area contributed by atoms with Gasteiger partial charge in [-0.3, -0.25) is 0 Å². The molecule has 1 heteroatoms. The largest absolute Gasteiger partial charge is 0.388 e. The number of hydrogen-bond donors (Lipinski definition) is 1. The number of allylic oxidation sites excluding steroid dienone is 1. The lowest BCUT2D eigenvalue weighted by atomic mass is 9.66. The summed E-state index contributed by atoms with van der Waals surface area (Å²) < 4.78 is 0. The molecule has 0 heterocycles. The van der Waals surface area contributed by atoms with Gasteiger partial charge in [0.1, 0.15) is 0 Å². The molecule has 1 aliphatic rings. The van der Waals surface area contributed by atoms with Gasteiger partial charge in [-0.2, -0.15) is 0 Å². The molecule has 0 bridgehead atoms. The Bertz CT molecular complexity index is 601. The smallest absolute Gasteiger partial charge is 0.0787 e. The van der Waals surface area contributed by atoms with E-state index < -0.39 is 6.10 Å². The van der Waals surface area contributed by atoms with Crippen molar-refractivity contribution in [2.45, 2.75) is 24.4 Å². The standard InChI is InChI=1S/C20H20O/c1-2-16-15-20(14-13-19(16)21,17-9-5-3-6-10-17)18-11-7-4-8-12-18/h2-12,15,19,21H,1,13-14H2. The first-order valence-corrected chi connectivity index (χ1v) is 7.40. The summed E-state index contributed by atoms with van der Waals surface area (Å²) in [6, 6.07) is 21.1. The van der Waals surface area contributed by atoms with Crippen LogP contribution in [0.25, 0.3) is 0 Å². The van der Waals surface area contributed by atoms with Crippen molar-refractivity contribution in [3.8, 4) is 0 Å². The monoisotopic (exact) mass is 276 g/mol. The van der Waals surface area contributed by atoms with Crippen LogP contribution in [0.2, 0.25) is 0 Å². The molecule has 0 aromatic heterocycles. The average molecular weight is 276 g/mol. The molecule has 0 saturated heterocycles. The minimum atomic E-state index is -0.400. The maximum atomic E-state index is 10.2. The molecule has 21 heavy (non-hydrogen) atoms. The zero-order valence-electron chi connectivity index (χ0n) is 12.1. The van der Waals surface area contributed by atoms with Gasteiger partial charge in [-0.25, -0.2) is 0 Å². The highest BCUT2D eigenvalue weighted by Crippen LogP contribution is 2.43. The Morgan fingerprint density at radius 1 is 0.952 bits per heavy atom. The summed E-state index contributed by atoms with van der Waals surface area (Å²) >= 11 is 0. The van der Waals surface area contributed by atoms with Crippen molar-refractivity contribution in [1.82, 2.24) is 0 Å². The van der Waals surface area contributed by atoms with Crippen LogP contribution in [0.1, 0.15) is 24.0 Å². The zero-order chi connectivity index (χ0) is 14.7. The van der Waals surface area contributed by atoms with Crippen LogP contribution in [-0.4, -0.2) is 11.2 Å². The maximum absolute atomic E-state index is 10.2. The molecule has 1 unspecified atom stereocenters. The van der Waals surface area contributed by atoms with E-state index in [9.17, 15) is 5.11 Å². The van der Waals surface area contributed by atoms with E-state index in [2.05, 4.69) is 61.2 Å². The lowest BCUT2D eigenvalue weighted by Crippen LogP contribution is -2.32. The van der Waals surface area contributed by atoms with Crippen molar-refractivity contribution in [2.75, 3.05) is 0 Å². The van der Waals surface area contributed by atoms with Gasteiger partial charge in [0, 0.05) is 5.41 Å². The van der Waals surface area contributed by atoms with Gasteiger partial charge in [0.15, 0.2) is 0 Å². The van der Waals surface area contributed by atoms with E-state index in [-0.39, 0.29) is 5.41 Å². The first-order chi connectivity index (χ1) is 10.3. The van der Waals surface area contributed by atoms with Crippen LogP contribution < -0.4 is 0 Å². The molecule has 1 N–H and O–H groups in total. The molecule has 0 spiro atoms. The summed E-state index contributed by atoms with van der Waals surface area (Å²) in [7, 11) is 0. The quantitative estimate of drug-likeness (QED) is 0.889. The van der Waals surface area contributed by atoms with E-state index in [1.807, 2.05) is 12.1 Å². The van der Waals surface area contributed by atoms with Crippen molar-refractivity contribution in [3.63, 3.8) is 0 Å². The Morgan fingerprint density at radius 3 is 1.95 bits per heavy atom. The van der Waals surface area contributed by atoms with Gasteiger partial charge in [-0.1, -0.05) is 79.4 Å². The zero-order valence-corrected chi connectivity index (χ0v) is 12.1. The molecular weight excluding hydrogens is 256 g/mol. The summed E-state index contributed by atoms with van der Waals surface area (Å²) in [6.45, 7) is 3.86. The van der Waals surface area contributed by atoms with Crippen LogP contribution in [0.4, 0.5) is 0 Å². The fourth-order valence-corrected chi connectivity index (χ4v) is 3.27. The SMILES string of the molecule is C=CC1=CC(c2ccccc2)(c2ccccc2)CCC1O. The van der Waals surface area contributed by atoms with Crippen LogP contribution in [-0.2, 0) is 5.41 Å². The predicted octanol–water partition coefficient (Wildman–Crippen LogP) is 4.24. The van der Waals surface area contributed by atoms with E-state index in [0.717, 1.165) is 18.4 Å². The van der Waals surface area contributed by atoms with Gasteiger partial charge >= 0.3 is 0 Å². The highest BCUT2D eigenvalue weighted by molar-refractivity contribution is 5.48. The van der Waals surface area contributed by atoms with Crippen LogP contribution in [0.15, 0.2) is 85.0 Å². The van der Waals surface area contributed by atoms with Crippen LogP contribution >= 0.6 is 0 Å². The molecular formula is C20H20O. The number of aliphatic hydroxyl groups excluding tert-OH is 1. The summed E-state index contributed by atoms with van der Waals surface area (Å²) in [5.41, 5.74) is 3.28. The first-order valence-electron chi connectivity index (χ1n) is 7.40. The van der Waals surface area contributed by atoms with Gasteiger partial charge in [-0.15, -0.1) is 0 Å². The molecule has 3 rings (SSSR count). The number of benzene rings is 2. The molecule has 1 aliphatic carbocycles. The van der Waals surface area contributed by atoms with Gasteiger partial charge in [0.05, 0.1) is 6.10 Å². The summed E-state index contributed by atoms with van der Waals surface area (Å²) in [6.07, 6.45) is 5.23. The fourth-order valence-electron chi connectivity index (χ4n) is 3.27. The Kier molecular flexibility index (Phi) is 3.76.